The summed E-state index contributed by atoms with van der Waals surface area (Å²) in [5, 5.41) is 10.1. The Labute approximate surface area is 261 Å². The predicted octanol–water partition coefficient (Wildman–Crippen LogP) is 5.21. The van der Waals surface area contributed by atoms with Crippen molar-refractivity contribution in [1.29, 1.82) is 0 Å². The summed E-state index contributed by atoms with van der Waals surface area (Å²) in [6.07, 6.45) is 1.05. The molecule has 0 unspecified atom stereocenters. The summed E-state index contributed by atoms with van der Waals surface area (Å²) in [5.74, 6) is 0.860. The molecule has 240 valence electrons. The van der Waals surface area contributed by atoms with E-state index in [4.69, 9.17) is 18.9 Å². The largest absolute Gasteiger partial charge is 0.492 e. The van der Waals surface area contributed by atoms with Crippen molar-refractivity contribution in [2.75, 3.05) is 61.4 Å². The number of aromatic nitrogens is 3. The van der Waals surface area contributed by atoms with Crippen LogP contribution in [0.4, 0.5) is 27.8 Å². The molecule has 0 saturated heterocycles. The lowest BCUT2D eigenvalue weighted by molar-refractivity contribution is 0.210. The lowest BCUT2D eigenvalue weighted by atomic mass is 9.86. The van der Waals surface area contributed by atoms with Crippen molar-refractivity contribution in [3.05, 3.63) is 54.1 Å². The third kappa shape index (κ3) is 8.61. The fourth-order valence-corrected chi connectivity index (χ4v) is 4.86. The van der Waals surface area contributed by atoms with E-state index in [9.17, 15) is 13.2 Å². The number of benzene rings is 3. The molecular formula is C30H37N7O7S. The first-order valence-corrected chi connectivity index (χ1v) is 15.7. The molecule has 4 N–H and O–H groups in total. The number of rotatable bonds is 12. The van der Waals surface area contributed by atoms with Crippen LogP contribution < -0.4 is 34.9 Å². The second-order valence-corrected chi connectivity index (χ2v) is 12.7. The van der Waals surface area contributed by atoms with Crippen LogP contribution in [-0.2, 0) is 20.2 Å². The maximum absolute atomic E-state index is 13.3. The molecule has 0 bridgehead atoms. The van der Waals surface area contributed by atoms with E-state index in [-0.39, 0.29) is 40.5 Å². The van der Waals surface area contributed by atoms with Crippen molar-refractivity contribution in [1.82, 2.24) is 15.0 Å². The van der Waals surface area contributed by atoms with E-state index >= 15 is 0 Å². The zero-order chi connectivity index (χ0) is 32.8. The van der Waals surface area contributed by atoms with Gasteiger partial charge >= 0.3 is 18.1 Å². The summed E-state index contributed by atoms with van der Waals surface area (Å²) < 4.78 is 48.4. The third-order valence-electron chi connectivity index (χ3n) is 6.40. The van der Waals surface area contributed by atoms with Crippen molar-refractivity contribution in [2.45, 2.75) is 26.2 Å². The molecule has 2 amide bonds. The average Bonchev–Trinajstić information content (AvgIpc) is 2.97. The van der Waals surface area contributed by atoms with Gasteiger partial charge in [0.15, 0.2) is 5.75 Å². The van der Waals surface area contributed by atoms with E-state index in [0.717, 1.165) is 11.8 Å². The van der Waals surface area contributed by atoms with Gasteiger partial charge in [-0.05, 0) is 35.2 Å². The molecule has 0 aliphatic rings. The number of amides is 2. The highest BCUT2D eigenvalue weighted by Gasteiger charge is 2.22. The quantitative estimate of drug-likeness (QED) is 0.150. The molecule has 0 saturated carbocycles. The van der Waals surface area contributed by atoms with Crippen molar-refractivity contribution < 1.29 is 32.2 Å². The normalized spacial score (nSPS) is 11.5. The molecule has 14 nitrogen and oxygen atoms in total. The number of anilines is 4. The van der Waals surface area contributed by atoms with Crippen LogP contribution in [0.25, 0.3) is 10.8 Å². The van der Waals surface area contributed by atoms with Gasteiger partial charge in [-0.15, -0.1) is 4.98 Å². The number of urea groups is 1. The number of sulfonamides is 1. The van der Waals surface area contributed by atoms with Crippen LogP contribution >= 0.6 is 0 Å². The standard InChI is InChI=1S/C30H37N7O7S/c1-30(2,3)18-16-22(25(42-5)23(17-18)37-45(7,39)40)33-27(38)32-21-12-13-24(20-11-9-8-10-19(20)21)44-29-35-26(31-14-15-41-4)34-28(36-29)43-6/h8-13,16-17,37H,14-15H2,1-7H3,(H2,32,33,38)(H,31,34,35,36). The monoisotopic (exact) mass is 639 g/mol. The minimum atomic E-state index is -3.63. The average molecular weight is 640 g/mol. The van der Waals surface area contributed by atoms with E-state index in [1.165, 1.54) is 14.2 Å². The van der Waals surface area contributed by atoms with Gasteiger partial charge in [0.1, 0.15) is 5.75 Å². The lowest BCUT2D eigenvalue weighted by Gasteiger charge is -2.24. The van der Waals surface area contributed by atoms with E-state index < -0.39 is 16.1 Å². The van der Waals surface area contributed by atoms with Crippen LogP contribution in [0.15, 0.2) is 48.5 Å². The summed E-state index contributed by atoms with van der Waals surface area (Å²) in [6, 6.07) is 13.7. The van der Waals surface area contributed by atoms with Crippen LogP contribution in [0, 0.1) is 0 Å². The summed E-state index contributed by atoms with van der Waals surface area (Å²) >= 11 is 0. The Morgan fingerprint density at radius 2 is 1.51 bits per heavy atom. The van der Waals surface area contributed by atoms with Gasteiger partial charge in [-0.1, -0.05) is 45.0 Å². The van der Waals surface area contributed by atoms with Gasteiger partial charge in [-0.25, -0.2) is 13.2 Å². The van der Waals surface area contributed by atoms with Crippen molar-refractivity contribution in [3.8, 4) is 23.5 Å². The molecule has 1 aromatic heterocycles. The first-order valence-electron chi connectivity index (χ1n) is 13.8. The number of ether oxygens (including phenoxy) is 4. The fourth-order valence-electron chi connectivity index (χ4n) is 4.31. The van der Waals surface area contributed by atoms with Crippen LogP contribution in [0.2, 0.25) is 0 Å². The minimum Gasteiger partial charge on any atom is -0.492 e. The first kappa shape index (κ1) is 33.0. The summed E-state index contributed by atoms with van der Waals surface area (Å²) in [6.45, 7) is 6.85. The molecular weight excluding hydrogens is 602 g/mol. The molecule has 15 heteroatoms. The maximum atomic E-state index is 13.3. The smallest absolute Gasteiger partial charge is 0.330 e. The highest BCUT2D eigenvalue weighted by atomic mass is 32.2. The molecule has 0 fully saturated rings. The molecule has 0 aliphatic carbocycles. The van der Waals surface area contributed by atoms with Gasteiger partial charge in [0.2, 0.25) is 16.0 Å². The SMILES string of the molecule is COCCNc1nc(OC)nc(Oc2ccc(NC(=O)Nc3cc(C(C)(C)C)cc(NS(C)(=O)=O)c3OC)c3ccccc23)n1. The Kier molecular flexibility index (Phi) is 10.1. The second-order valence-electron chi connectivity index (χ2n) is 10.9. The zero-order valence-electron chi connectivity index (χ0n) is 26.1. The number of hydrogen-bond acceptors (Lipinski definition) is 11. The Balaban J connectivity index is 1.63. The topological polar surface area (TPSA) is 175 Å². The molecule has 0 atom stereocenters. The molecule has 3 aromatic carbocycles. The van der Waals surface area contributed by atoms with E-state index in [0.29, 0.717) is 35.4 Å². The number of nitrogens with one attached hydrogen (secondary N) is 4. The Bertz CT molecular complexity index is 1790. The summed E-state index contributed by atoms with van der Waals surface area (Å²) in [4.78, 5) is 26.0. The van der Waals surface area contributed by atoms with Gasteiger partial charge in [0.05, 0.1) is 44.1 Å². The van der Waals surface area contributed by atoms with Crippen LogP contribution in [-0.4, -0.2) is 70.1 Å². The summed E-state index contributed by atoms with van der Waals surface area (Å²) in [7, 11) is 0.804. The zero-order valence-corrected chi connectivity index (χ0v) is 27.0. The maximum Gasteiger partial charge on any atom is 0.330 e. The first-order chi connectivity index (χ1) is 21.3. The summed E-state index contributed by atoms with van der Waals surface area (Å²) in [5.41, 5.74) is 1.41. The van der Waals surface area contributed by atoms with Crippen molar-refractivity contribution >= 4 is 49.8 Å². The predicted molar refractivity (Wildman–Crippen MR) is 174 cm³/mol. The highest BCUT2D eigenvalue weighted by molar-refractivity contribution is 7.92. The van der Waals surface area contributed by atoms with Gasteiger partial charge in [0.25, 0.3) is 0 Å². The van der Waals surface area contributed by atoms with Crippen LogP contribution in [0.1, 0.15) is 26.3 Å². The molecule has 0 aliphatic heterocycles. The molecule has 45 heavy (non-hydrogen) atoms. The number of fused-ring (bicyclic) bond motifs is 1. The number of hydrogen-bond donors (Lipinski definition) is 4. The van der Waals surface area contributed by atoms with E-state index in [2.05, 4.69) is 35.6 Å². The van der Waals surface area contributed by atoms with Crippen molar-refractivity contribution in [3.63, 3.8) is 0 Å². The molecule has 0 spiro atoms. The van der Waals surface area contributed by atoms with Gasteiger partial charge in [-0.2, -0.15) is 9.97 Å². The minimum absolute atomic E-state index is 0.00899. The number of carbonyl (C=O) groups is 1. The van der Waals surface area contributed by atoms with E-state index in [1.54, 1.807) is 31.4 Å². The number of carbonyl (C=O) groups excluding carboxylic acids is 1. The fraction of sp³-hybridized carbons (Fsp3) is 0.333. The van der Waals surface area contributed by atoms with Crippen LogP contribution in [0.3, 0.4) is 0 Å². The Morgan fingerprint density at radius 3 is 2.16 bits per heavy atom. The Morgan fingerprint density at radius 1 is 0.844 bits per heavy atom. The third-order valence-corrected chi connectivity index (χ3v) is 6.99. The molecule has 4 aromatic rings. The molecule has 1 heterocycles. The number of nitrogens with zero attached hydrogens (tertiary/aromatic N) is 3. The van der Waals surface area contributed by atoms with Gasteiger partial charge < -0.3 is 34.9 Å². The highest BCUT2D eigenvalue weighted by Crippen LogP contribution is 2.39. The molecule has 0 radical (unpaired) electrons. The van der Waals surface area contributed by atoms with Gasteiger partial charge in [-0.3, -0.25) is 4.72 Å². The second kappa shape index (κ2) is 13.8. The number of methoxy groups -OCH3 is 3. The van der Waals surface area contributed by atoms with E-state index in [1.807, 2.05) is 45.0 Å². The van der Waals surface area contributed by atoms with Crippen LogP contribution in [0.5, 0.6) is 23.5 Å². The molecule has 4 rings (SSSR count). The van der Waals surface area contributed by atoms with Crippen molar-refractivity contribution in [2.24, 2.45) is 0 Å². The lowest BCUT2D eigenvalue weighted by Crippen LogP contribution is -2.22. The Hall–Kier alpha value is -4.89. The van der Waals surface area contributed by atoms with Gasteiger partial charge in [0, 0.05) is 24.4 Å².